The number of nitrogens with one attached hydrogen (secondary N) is 1. The van der Waals surface area contributed by atoms with Crippen LogP contribution in [0.2, 0.25) is 0 Å². The van der Waals surface area contributed by atoms with E-state index in [0.29, 0.717) is 18.9 Å². The van der Waals surface area contributed by atoms with E-state index in [9.17, 15) is 4.79 Å². The molecule has 1 fully saturated rings. The largest absolute Gasteiger partial charge is 0.465 e. The zero-order valence-electron chi connectivity index (χ0n) is 13.5. The van der Waals surface area contributed by atoms with Gasteiger partial charge in [0.05, 0.1) is 11.9 Å². The molecule has 0 saturated carbocycles. The maximum Gasteiger partial charge on any atom is 0.407 e. The Morgan fingerprint density at radius 1 is 1.24 bits per heavy atom. The van der Waals surface area contributed by atoms with Gasteiger partial charge in [0.1, 0.15) is 5.82 Å². The highest BCUT2D eigenvalue weighted by atomic mass is 16.4. The van der Waals surface area contributed by atoms with Crippen molar-refractivity contribution in [2.24, 2.45) is 0 Å². The van der Waals surface area contributed by atoms with Gasteiger partial charge in [-0.1, -0.05) is 0 Å². The second-order valence-electron chi connectivity index (χ2n) is 6.08. The van der Waals surface area contributed by atoms with Crippen molar-refractivity contribution in [1.29, 1.82) is 0 Å². The summed E-state index contributed by atoms with van der Waals surface area (Å²) in [5, 5.41) is 17.1. The Kier molecular flexibility index (Phi) is 3.93. The molecule has 0 aromatic carbocycles. The number of anilines is 1. The van der Waals surface area contributed by atoms with Crippen LogP contribution < -0.4 is 5.32 Å². The van der Waals surface area contributed by atoms with Crippen LogP contribution in [0.25, 0.3) is 16.9 Å². The molecule has 2 N–H and O–H groups in total. The van der Waals surface area contributed by atoms with Crippen LogP contribution in [0.4, 0.5) is 10.6 Å². The summed E-state index contributed by atoms with van der Waals surface area (Å²) in [4.78, 5) is 21.0. The summed E-state index contributed by atoms with van der Waals surface area (Å²) in [5.74, 6) is 0.707. The Bertz CT molecular complexity index is 895. The highest BCUT2D eigenvalue weighted by Gasteiger charge is 2.23. The van der Waals surface area contributed by atoms with Crippen LogP contribution in [0.15, 0.2) is 42.9 Å². The normalized spacial score (nSPS) is 17.6. The molecule has 3 aromatic rings. The SMILES string of the molecule is O=C(O)N1CCCC(Nc2ccc3ncc(-c4ccncc4)n3n2)C1. The second-order valence-corrected chi connectivity index (χ2v) is 6.08. The lowest BCUT2D eigenvalue weighted by atomic mass is 10.1. The molecule has 1 unspecified atom stereocenters. The average molecular weight is 338 g/mol. The maximum atomic E-state index is 11.2. The van der Waals surface area contributed by atoms with Crippen molar-refractivity contribution >= 4 is 17.6 Å². The molecule has 4 heterocycles. The molecule has 0 aliphatic carbocycles. The second kappa shape index (κ2) is 6.39. The number of carbonyl (C=O) groups is 1. The smallest absolute Gasteiger partial charge is 0.407 e. The number of likely N-dealkylation sites (tertiary alicyclic amines) is 1. The van der Waals surface area contributed by atoms with Crippen molar-refractivity contribution in [2.45, 2.75) is 18.9 Å². The Morgan fingerprint density at radius 3 is 2.88 bits per heavy atom. The number of imidazole rings is 1. The summed E-state index contributed by atoms with van der Waals surface area (Å²) in [6.45, 7) is 1.06. The number of piperidine rings is 1. The first-order valence-electron chi connectivity index (χ1n) is 8.20. The average Bonchev–Trinajstić information content (AvgIpc) is 3.06. The van der Waals surface area contributed by atoms with Gasteiger partial charge in [0, 0.05) is 37.1 Å². The third kappa shape index (κ3) is 3.10. The first-order chi connectivity index (χ1) is 12.2. The van der Waals surface area contributed by atoms with E-state index in [1.807, 2.05) is 24.3 Å². The standard InChI is InChI=1S/C17H18N6O2/c24-17(25)22-9-1-2-13(11-22)20-15-3-4-16-19-10-14(23(16)21-15)12-5-7-18-8-6-12/h3-8,10,13H,1-2,9,11H2,(H,20,21)(H,24,25). The molecule has 1 aliphatic rings. The molecule has 8 nitrogen and oxygen atoms in total. The molecular formula is C17H18N6O2. The number of hydrogen-bond donors (Lipinski definition) is 2. The van der Waals surface area contributed by atoms with E-state index < -0.39 is 6.09 Å². The summed E-state index contributed by atoms with van der Waals surface area (Å²) in [6.07, 6.45) is 6.15. The van der Waals surface area contributed by atoms with Gasteiger partial charge < -0.3 is 15.3 Å². The fourth-order valence-corrected chi connectivity index (χ4v) is 3.15. The third-order valence-corrected chi connectivity index (χ3v) is 4.38. The molecule has 8 heteroatoms. The molecule has 1 aliphatic heterocycles. The van der Waals surface area contributed by atoms with Crippen molar-refractivity contribution in [1.82, 2.24) is 24.5 Å². The van der Waals surface area contributed by atoms with E-state index in [4.69, 9.17) is 5.11 Å². The summed E-state index contributed by atoms with van der Waals surface area (Å²) in [7, 11) is 0. The topological polar surface area (TPSA) is 95.7 Å². The van der Waals surface area contributed by atoms with Crippen LogP contribution in [0.5, 0.6) is 0 Å². The van der Waals surface area contributed by atoms with Crippen LogP contribution in [0.1, 0.15) is 12.8 Å². The molecule has 1 atom stereocenters. The van der Waals surface area contributed by atoms with Crippen molar-refractivity contribution in [3.63, 3.8) is 0 Å². The van der Waals surface area contributed by atoms with Gasteiger partial charge in [-0.2, -0.15) is 0 Å². The zero-order valence-corrected chi connectivity index (χ0v) is 13.5. The number of rotatable bonds is 3. The van der Waals surface area contributed by atoms with E-state index in [2.05, 4.69) is 20.4 Å². The predicted octanol–water partition coefficient (Wildman–Crippen LogP) is 2.35. The number of carboxylic acid groups (broad SMARTS) is 1. The van der Waals surface area contributed by atoms with E-state index >= 15 is 0 Å². The minimum atomic E-state index is -0.871. The Balaban J connectivity index is 1.60. The molecule has 128 valence electrons. The maximum absolute atomic E-state index is 11.2. The number of amides is 1. The molecule has 4 rings (SSSR count). The van der Waals surface area contributed by atoms with Crippen LogP contribution >= 0.6 is 0 Å². The lowest BCUT2D eigenvalue weighted by molar-refractivity contribution is 0.133. The van der Waals surface area contributed by atoms with Gasteiger partial charge >= 0.3 is 6.09 Å². The molecule has 3 aromatic heterocycles. The molecule has 0 bridgehead atoms. The van der Waals surface area contributed by atoms with Gasteiger partial charge in [-0.3, -0.25) is 4.98 Å². The Labute approximate surface area is 144 Å². The van der Waals surface area contributed by atoms with E-state index in [-0.39, 0.29) is 6.04 Å². The third-order valence-electron chi connectivity index (χ3n) is 4.38. The van der Waals surface area contributed by atoms with Gasteiger partial charge in [0.15, 0.2) is 5.65 Å². The molecule has 0 radical (unpaired) electrons. The van der Waals surface area contributed by atoms with E-state index in [1.54, 1.807) is 23.1 Å². The van der Waals surface area contributed by atoms with Gasteiger partial charge in [0.25, 0.3) is 0 Å². The van der Waals surface area contributed by atoms with Gasteiger partial charge in [0.2, 0.25) is 0 Å². The van der Waals surface area contributed by atoms with Crippen LogP contribution in [-0.4, -0.2) is 54.8 Å². The summed E-state index contributed by atoms with van der Waals surface area (Å²) < 4.78 is 1.79. The number of hydrogen-bond acceptors (Lipinski definition) is 5. The van der Waals surface area contributed by atoms with Crippen molar-refractivity contribution in [2.75, 3.05) is 18.4 Å². The minimum Gasteiger partial charge on any atom is -0.465 e. The van der Waals surface area contributed by atoms with Crippen molar-refractivity contribution in [3.05, 3.63) is 42.9 Å². The Morgan fingerprint density at radius 2 is 2.08 bits per heavy atom. The fraction of sp³-hybridized carbons (Fsp3) is 0.294. The fourth-order valence-electron chi connectivity index (χ4n) is 3.15. The van der Waals surface area contributed by atoms with E-state index in [0.717, 1.165) is 29.7 Å². The molecular weight excluding hydrogens is 320 g/mol. The van der Waals surface area contributed by atoms with Crippen molar-refractivity contribution < 1.29 is 9.90 Å². The van der Waals surface area contributed by atoms with Gasteiger partial charge in [-0.05, 0) is 37.1 Å². The monoisotopic (exact) mass is 338 g/mol. The van der Waals surface area contributed by atoms with E-state index in [1.165, 1.54) is 4.90 Å². The summed E-state index contributed by atoms with van der Waals surface area (Å²) >= 11 is 0. The summed E-state index contributed by atoms with van der Waals surface area (Å²) in [6, 6.07) is 7.66. The van der Waals surface area contributed by atoms with Crippen LogP contribution in [0, 0.1) is 0 Å². The molecule has 25 heavy (non-hydrogen) atoms. The first kappa shape index (κ1) is 15.4. The highest BCUT2D eigenvalue weighted by molar-refractivity contribution is 5.65. The zero-order chi connectivity index (χ0) is 17.2. The molecule has 0 spiro atoms. The van der Waals surface area contributed by atoms with Crippen molar-refractivity contribution in [3.8, 4) is 11.3 Å². The quantitative estimate of drug-likeness (QED) is 0.761. The summed E-state index contributed by atoms with van der Waals surface area (Å²) in [5.41, 5.74) is 2.63. The van der Waals surface area contributed by atoms with Gasteiger partial charge in [-0.15, -0.1) is 5.10 Å². The van der Waals surface area contributed by atoms with Crippen LogP contribution in [-0.2, 0) is 0 Å². The lowest BCUT2D eigenvalue weighted by Gasteiger charge is -2.31. The minimum absolute atomic E-state index is 0.0581. The Hall–Kier alpha value is -3.16. The number of pyridine rings is 1. The number of aromatic nitrogens is 4. The van der Waals surface area contributed by atoms with Gasteiger partial charge in [-0.25, -0.2) is 14.3 Å². The van der Waals surface area contributed by atoms with Crippen LogP contribution in [0.3, 0.4) is 0 Å². The molecule has 1 amide bonds. The predicted molar refractivity (Wildman–Crippen MR) is 92.5 cm³/mol. The number of fused-ring (bicyclic) bond motifs is 1. The number of nitrogens with zero attached hydrogens (tertiary/aromatic N) is 5. The highest BCUT2D eigenvalue weighted by Crippen LogP contribution is 2.21. The lowest BCUT2D eigenvalue weighted by Crippen LogP contribution is -2.44. The molecule has 1 saturated heterocycles. The first-order valence-corrected chi connectivity index (χ1v) is 8.20.